The molecule has 0 bridgehead atoms. The lowest BCUT2D eigenvalue weighted by Gasteiger charge is -2.10. The Hall–Kier alpha value is -1.54. The van der Waals surface area contributed by atoms with Gasteiger partial charge in [0.1, 0.15) is 5.82 Å². The summed E-state index contributed by atoms with van der Waals surface area (Å²) >= 11 is 11.7. The second-order valence-electron chi connectivity index (χ2n) is 4.89. The van der Waals surface area contributed by atoms with E-state index in [1.807, 2.05) is 0 Å². The quantitative estimate of drug-likeness (QED) is 0.673. The number of nitrogens with one attached hydrogen (secondary N) is 2. The van der Waals surface area contributed by atoms with E-state index < -0.39 is 10.0 Å². The molecule has 0 fully saturated rings. The Kier molecular flexibility index (Phi) is 6.68. The largest absolute Gasteiger partial charge is 0.385 e. The number of nitrogens with zero attached hydrogens (tertiary/aromatic N) is 1. The van der Waals surface area contributed by atoms with Crippen molar-refractivity contribution in [2.75, 3.05) is 30.3 Å². The van der Waals surface area contributed by atoms with Crippen molar-refractivity contribution in [1.82, 2.24) is 4.98 Å². The second-order valence-corrected chi connectivity index (χ2v) is 7.38. The molecule has 0 radical (unpaired) electrons. The number of pyridine rings is 1. The van der Waals surface area contributed by atoms with Gasteiger partial charge in [-0.15, -0.1) is 0 Å². The first-order valence-electron chi connectivity index (χ1n) is 7.09. The van der Waals surface area contributed by atoms with Crippen molar-refractivity contribution >= 4 is 44.7 Å². The number of hydrogen-bond donors (Lipinski definition) is 2. The van der Waals surface area contributed by atoms with Gasteiger partial charge in [0.15, 0.2) is 0 Å². The van der Waals surface area contributed by atoms with Crippen LogP contribution in [-0.2, 0) is 14.8 Å². The number of halogens is 2. The van der Waals surface area contributed by atoms with E-state index in [0.717, 1.165) is 13.0 Å². The molecule has 9 heteroatoms. The van der Waals surface area contributed by atoms with E-state index in [4.69, 9.17) is 27.9 Å². The molecule has 1 aromatic carbocycles. The number of sulfonamides is 1. The summed E-state index contributed by atoms with van der Waals surface area (Å²) in [6, 6.07) is 7.44. The first-order valence-corrected chi connectivity index (χ1v) is 9.33. The Bertz CT molecular complexity index is 783. The van der Waals surface area contributed by atoms with E-state index in [-0.39, 0.29) is 9.92 Å². The molecule has 0 aliphatic heterocycles. The Morgan fingerprint density at radius 2 is 1.96 bits per heavy atom. The summed E-state index contributed by atoms with van der Waals surface area (Å²) in [5, 5.41) is 3.58. The van der Waals surface area contributed by atoms with Crippen molar-refractivity contribution in [3.63, 3.8) is 0 Å². The van der Waals surface area contributed by atoms with E-state index >= 15 is 0 Å². The van der Waals surface area contributed by atoms with Crippen LogP contribution < -0.4 is 10.0 Å². The predicted molar refractivity (Wildman–Crippen MR) is 96.5 cm³/mol. The highest BCUT2D eigenvalue weighted by molar-refractivity contribution is 7.92. The molecule has 0 spiro atoms. The third-order valence-electron chi connectivity index (χ3n) is 3.05. The number of hydrogen-bond acceptors (Lipinski definition) is 5. The van der Waals surface area contributed by atoms with Crippen molar-refractivity contribution in [3.8, 4) is 0 Å². The first kappa shape index (κ1) is 18.8. The Labute approximate surface area is 151 Å². The third-order valence-corrected chi connectivity index (χ3v) is 5.17. The number of aromatic nitrogens is 1. The summed E-state index contributed by atoms with van der Waals surface area (Å²) in [7, 11) is -2.11. The third kappa shape index (κ3) is 5.24. The fourth-order valence-corrected chi connectivity index (χ4v) is 3.28. The lowest BCUT2D eigenvalue weighted by Crippen LogP contribution is -2.13. The molecule has 2 N–H and O–H groups in total. The summed E-state index contributed by atoms with van der Waals surface area (Å²) in [6.45, 7) is 1.38. The van der Waals surface area contributed by atoms with Crippen LogP contribution in [-0.4, -0.2) is 33.7 Å². The van der Waals surface area contributed by atoms with Crippen molar-refractivity contribution in [2.24, 2.45) is 0 Å². The highest BCUT2D eigenvalue weighted by atomic mass is 35.5. The molecule has 6 nitrogen and oxygen atoms in total. The molecule has 0 saturated carbocycles. The van der Waals surface area contributed by atoms with Gasteiger partial charge >= 0.3 is 0 Å². The fraction of sp³-hybridized carbons (Fsp3) is 0.267. The molecule has 2 rings (SSSR count). The van der Waals surface area contributed by atoms with E-state index in [9.17, 15) is 8.42 Å². The van der Waals surface area contributed by atoms with Crippen LogP contribution in [0.1, 0.15) is 6.42 Å². The number of ether oxygens (including phenoxy) is 1. The summed E-state index contributed by atoms with van der Waals surface area (Å²) in [4.78, 5) is 4.19. The molecule has 0 atom stereocenters. The summed E-state index contributed by atoms with van der Waals surface area (Å²) in [6.07, 6.45) is 2.29. The molecule has 2 aromatic rings. The van der Waals surface area contributed by atoms with Crippen molar-refractivity contribution in [2.45, 2.75) is 11.3 Å². The molecular weight excluding hydrogens is 373 g/mol. The van der Waals surface area contributed by atoms with Gasteiger partial charge in [-0.3, -0.25) is 4.72 Å². The summed E-state index contributed by atoms with van der Waals surface area (Å²) in [5.41, 5.74) is 0.350. The lowest BCUT2D eigenvalue weighted by atomic mass is 10.4. The smallest absolute Gasteiger partial charge is 0.261 e. The van der Waals surface area contributed by atoms with Crippen molar-refractivity contribution in [3.05, 3.63) is 46.6 Å². The van der Waals surface area contributed by atoms with E-state index in [0.29, 0.717) is 23.1 Å². The summed E-state index contributed by atoms with van der Waals surface area (Å²) < 4.78 is 32.0. The van der Waals surface area contributed by atoms with Gasteiger partial charge in [0.25, 0.3) is 10.0 Å². The topological polar surface area (TPSA) is 80.3 Å². The van der Waals surface area contributed by atoms with Crippen LogP contribution in [0.3, 0.4) is 0 Å². The van der Waals surface area contributed by atoms with E-state index in [2.05, 4.69) is 15.0 Å². The molecule has 0 aliphatic rings. The summed E-state index contributed by atoms with van der Waals surface area (Å²) in [5.74, 6) is 0.656. The highest BCUT2D eigenvalue weighted by Gasteiger charge is 2.15. The van der Waals surface area contributed by atoms with Gasteiger partial charge in [-0.2, -0.15) is 0 Å². The van der Waals surface area contributed by atoms with Gasteiger partial charge in [-0.25, -0.2) is 13.4 Å². The van der Waals surface area contributed by atoms with Crippen LogP contribution >= 0.6 is 23.2 Å². The molecule has 24 heavy (non-hydrogen) atoms. The van der Waals surface area contributed by atoms with Crippen molar-refractivity contribution < 1.29 is 13.2 Å². The molecule has 1 aromatic heterocycles. The monoisotopic (exact) mass is 389 g/mol. The highest BCUT2D eigenvalue weighted by Crippen LogP contribution is 2.26. The molecular formula is C15H17Cl2N3O3S. The SMILES string of the molecule is COCCCNc1ccc(NS(=O)(=O)c2ccc(Cl)c(Cl)c2)cn1. The Balaban J connectivity index is 2.03. The van der Waals surface area contributed by atoms with Gasteiger partial charge < -0.3 is 10.1 Å². The van der Waals surface area contributed by atoms with Crippen LogP contribution in [0.4, 0.5) is 11.5 Å². The molecule has 0 aliphatic carbocycles. The van der Waals surface area contributed by atoms with Crippen LogP contribution in [0.2, 0.25) is 10.0 Å². The molecule has 1 heterocycles. The van der Waals surface area contributed by atoms with Gasteiger partial charge in [-0.05, 0) is 36.8 Å². The number of rotatable bonds is 8. The van der Waals surface area contributed by atoms with Gasteiger partial charge in [0.05, 0.1) is 26.8 Å². The minimum atomic E-state index is -3.76. The van der Waals surface area contributed by atoms with Gasteiger partial charge in [-0.1, -0.05) is 23.2 Å². The maximum Gasteiger partial charge on any atom is 0.261 e. The Morgan fingerprint density at radius 3 is 2.58 bits per heavy atom. The Morgan fingerprint density at radius 1 is 1.17 bits per heavy atom. The fourth-order valence-electron chi connectivity index (χ4n) is 1.85. The minimum Gasteiger partial charge on any atom is -0.385 e. The lowest BCUT2D eigenvalue weighted by molar-refractivity contribution is 0.198. The van der Waals surface area contributed by atoms with Crippen LogP contribution in [0.5, 0.6) is 0 Å². The zero-order chi connectivity index (χ0) is 17.6. The maximum atomic E-state index is 12.3. The van der Waals surface area contributed by atoms with Gasteiger partial charge in [0, 0.05) is 20.3 Å². The van der Waals surface area contributed by atoms with Crippen molar-refractivity contribution in [1.29, 1.82) is 0 Å². The molecule has 0 unspecified atom stereocenters. The average molecular weight is 390 g/mol. The van der Waals surface area contributed by atoms with Gasteiger partial charge in [0.2, 0.25) is 0 Å². The maximum absolute atomic E-state index is 12.3. The van der Waals surface area contributed by atoms with Crippen LogP contribution in [0, 0.1) is 0 Å². The zero-order valence-corrected chi connectivity index (χ0v) is 15.2. The number of anilines is 2. The average Bonchev–Trinajstić information content (AvgIpc) is 2.55. The van der Waals surface area contributed by atoms with E-state index in [1.165, 1.54) is 24.4 Å². The standard InChI is InChI=1S/C15H17Cl2N3O3S/c1-23-8-2-7-18-15-6-3-11(10-19-15)20-24(21,22)12-4-5-13(16)14(17)9-12/h3-6,9-10,20H,2,7-8H2,1H3,(H,18,19). The molecule has 0 saturated heterocycles. The molecule has 130 valence electrons. The zero-order valence-electron chi connectivity index (χ0n) is 12.9. The van der Waals surface area contributed by atoms with E-state index in [1.54, 1.807) is 19.2 Å². The van der Waals surface area contributed by atoms with Crippen LogP contribution in [0.15, 0.2) is 41.4 Å². The predicted octanol–water partition coefficient (Wildman–Crippen LogP) is 3.64. The molecule has 0 amide bonds. The number of benzene rings is 1. The minimum absolute atomic E-state index is 0.0265. The second kappa shape index (κ2) is 8.53. The van der Waals surface area contributed by atoms with Crippen LogP contribution in [0.25, 0.3) is 0 Å². The first-order chi connectivity index (χ1) is 11.4. The normalized spacial score (nSPS) is 11.3. The number of methoxy groups -OCH3 is 1.